The zero-order chi connectivity index (χ0) is 21.2. The summed E-state index contributed by atoms with van der Waals surface area (Å²) in [6, 6.07) is 16.3. The van der Waals surface area contributed by atoms with Crippen LogP contribution in [-0.2, 0) is 9.53 Å². The van der Waals surface area contributed by atoms with Crippen LogP contribution < -0.4 is 10.2 Å². The van der Waals surface area contributed by atoms with Gasteiger partial charge in [0.15, 0.2) is 5.17 Å². The molecule has 2 atom stereocenters. The molecule has 1 fully saturated rings. The second kappa shape index (κ2) is 8.72. The van der Waals surface area contributed by atoms with Crippen LogP contribution in [0, 0.1) is 0 Å². The average Bonchev–Trinajstić information content (AvgIpc) is 3.31. The summed E-state index contributed by atoms with van der Waals surface area (Å²) in [6.45, 7) is 5.20. The minimum absolute atomic E-state index is 0.0505. The van der Waals surface area contributed by atoms with Crippen LogP contribution in [0.1, 0.15) is 24.9 Å². The summed E-state index contributed by atoms with van der Waals surface area (Å²) in [5, 5.41) is 9.92. The van der Waals surface area contributed by atoms with E-state index >= 15 is 0 Å². The second-order valence-corrected chi connectivity index (χ2v) is 9.05. The number of amidine groups is 1. The van der Waals surface area contributed by atoms with Gasteiger partial charge in [-0.25, -0.2) is 10.0 Å². The van der Waals surface area contributed by atoms with Crippen molar-refractivity contribution in [3.05, 3.63) is 54.1 Å². The molecule has 1 amide bonds. The van der Waals surface area contributed by atoms with Crippen LogP contribution in [0.15, 0.2) is 58.6 Å². The Morgan fingerprint density at radius 3 is 2.74 bits per heavy atom. The molecule has 0 unspecified atom stereocenters. The highest BCUT2D eigenvalue weighted by molar-refractivity contribution is 8.14. The fourth-order valence-electron chi connectivity index (χ4n) is 4.00. The third-order valence-corrected chi connectivity index (χ3v) is 6.76. The van der Waals surface area contributed by atoms with Crippen molar-refractivity contribution in [2.75, 3.05) is 36.5 Å². The van der Waals surface area contributed by atoms with Crippen molar-refractivity contribution in [3.8, 4) is 0 Å². The highest BCUT2D eigenvalue weighted by Crippen LogP contribution is 2.41. The summed E-state index contributed by atoms with van der Waals surface area (Å²) in [5.74, 6) is -0.0505. The molecule has 1 N–H and O–H groups in total. The fraction of sp³-hybridized carbons (Fsp3) is 0.348. The third-order valence-electron chi connectivity index (χ3n) is 5.70. The number of amides is 1. The Labute approximate surface area is 186 Å². The van der Waals surface area contributed by atoms with E-state index in [-0.39, 0.29) is 17.2 Å². The summed E-state index contributed by atoms with van der Waals surface area (Å²) in [4.78, 5) is 19.9. The number of thioether (sulfide) groups is 1. The number of nitrogens with one attached hydrogen (secondary N) is 1. The lowest BCUT2D eigenvalue weighted by atomic mass is 10.0. The van der Waals surface area contributed by atoms with E-state index in [1.807, 2.05) is 60.6 Å². The zero-order valence-corrected chi connectivity index (χ0v) is 18.2. The van der Waals surface area contributed by atoms with Crippen molar-refractivity contribution in [3.63, 3.8) is 0 Å². The van der Waals surface area contributed by atoms with Gasteiger partial charge in [-0.1, -0.05) is 30.0 Å². The van der Waals surface area contributed by atoms with E-state index in [9.17, 15) is 4.79 Å². The van der Waals surface area contributed by atoms with Crippen LogP contribution in [0.2, 0.25) is 0 Å². The number of carbonyl (C=O) groups excluding carboxylic acids is 1. The van der Waals surface area contributed by atoms with Crippen molar-refractivity contribution < 1.29 is 9.53 Å². The van der Waals surface area contributed by atoms with Crippen molar-refractivity contribution >= 4 is 46.1 Å². The molecule has 0 aliphatic carbocycles. The van der Waals surface area contributed by atoms with Gasteiger partial charge in [0.05, 0.1) is 30.2 Å². The van der Waals surface area contributed by atoms with Gasteiger partial charge in [0.1, 0.15) is 0 Å². The molecule has 0 bridgehead atoms. The molecule has 160 valence electrons. The largest absolute Gasteiger partial charge is 0.378 e. The van der Waals surface area contributed by atoms with Gasteiger partial charge in [0, 0.05) is 42.7 Å². The van der Waals surface area contributed by atoms with Crippen LogP contribution in [0.3, 0.4) is 0 Å². The smallest absolute Gasteiger partial charge is 0.237 e. The van der Waals surface area contributed by atoms with Crippen molar-refractivity contribution in [2.24, 2.45) is 10.1 Å². The maximum absolute atomic E-state index is 12.8. The molecular formula is C23H25N5O2S. The monoisotopic (exact) mass is 435 g/mol. The molecule has 8 heteroatoms. The van der Waals surface area contributed by atoms with E-state index in [2.05, 4.69) is 21.4 Å². The first kappa shape index (κ1) is 20.1. The number of carbonyl (C=O) groups is 1. The van der Waals surface area contributed by atoms with E-state index in [4.69, 9.17) is 9.73 Å². The Kier molecular flexibility index (Phi) is 5.65. The normalized spacial score (nSPS) is 20.7. The van der Waals surface area contributed by atoms with E-state index in [0.717, 1.165) is 55.0 Å². The molecular weight excluding hydrogens is 410 g/mol. The number of hydrazone groups is 1. The van der Waals surface area contributed by atoms with E-state index < -0.39 is 0 Å². The molecule has 7 nitrogen and oxygen atoms in total. The molecule has 0 spiro atoms. The molecule has 3 heterocycles. The van der Waals surface area contributed by atoms with Crippen molar-refractivity contribution in [2.45, 2.75) is 24.6 Å². The Bertz CT molecular complexity index is 1020. The molecule has 3 aliphatic heterocycles. The van der Waals surface area contributed by atoms with Crippen LogP contribution in [-0.4, -0.2) is 53.9 Å². The minimum atomic E-state index is -0.306. The molecule has 3 aliphatic rings. The number of fused-ring (bicyclic) bond motifs is 3. The van der Waals surface area contributed by atoms with Gasteiger partial charge in [-0.2, -0.15) is 5.10 Å². The molecule has 5 rings (SSSR count). The maximum Gasteiger partial charge on any atom is 0.237 e. The van der Waals surface area contributed by atoms with E-state index in [0.29, 0.717) is 0 Å². The second-order valence-electron chi connectivity index (χ2n) is 7.74. The van der Waals surface area contributed by atoms with E-state index in [1.54, 1.807) is 0 Å². The number of hydrogen-bond acceptors (Lipinski definition) is 7. The quantitative estimate of drug-likeness (QED) is 0.786. The number of para-hydroxylation sites is 1. The lowest BCUT2D eigenvalue weighted by Crippen LogP contribution is -2.36. The van der Waals surface area contributed by atoms with Crippen LogP contribution >= 0.6 is 11.8 Å². The lowest BCUT2D eigenvalue weighted by Gasteiger charge is -2.30. The molecule has 2 aromatic carbocycles. The SMILES string of the molecule is C[C@H](SC1=Nc2ccccc2[C@H]2CC=NN12)C(=O)Nc1ccc(N2CCOCC2)cc1. The average molecular weight is 436 g/mol. The van der Waals surface area contributed by atoms with Crippen molar-refractivity contribution in [1.29, 1.82) is 0 Å². The maximum atomic E-state index is 12.8. The number of benzene rings is 2. The minimum Gasteiger partial charge on any atom is -0.378 e. The van der Waals surface area contributed by atoms with Gasteiger partial charge in [0.2, 0.25) is 5.91 Å². The third kappa shape index (κ3) is 4.18. The van der Waals surface area contributed by atoms with Gasteiger partial charge >= 0.3 is 0 Å². The molecule has 0 aromatic heterocycles. The molecule has 2 aromatic rings. The predicted molar refractivity (Wildman–Crippen MR) is 126 cm³/mol. The van der Waals surface area contributed by atoms with Crippen molar-refractivity contribution in [1.82, 2.24) is 5.01 Å². The first-order valence-electron chi connectivity index (χ1n) is 10.6. The molecule has 0 radical (unpaired) electrons. The predicted octanol–water partition coefficient (Wildman–Crippen LogP) is 4.02. The van der Waals surface area contributed by atoms with Gasteiger partial charge in [-0.15, -0.1) is 0 Å². The Morgan fingerprint density at radius 2 is 1.94 bits per heavy atom. The summed E-state index contributed by atoms with van der Waals surface area (Å²) in [6.07, 6.45) is 2.77. The number of rotatable bonds is 4. The highest BCUT2D eigenvalue weighted by Gasteiger charge is 2.34. The zero-order valence-electron chi connectivity index (χ0n) is 17.4. The number of morpholine rings is 1. The number of ether oxygens (including phenoxy) is 1. The summed E-state index contributed by atoms with van der Waals surface area (Å²) >= 11 is 1.44. The lowest BCUT2D eigenvalue weighted by molar-refractivity contribution is -0.115. The Morgan fingerprint density at radius 1 is 1.16 bits per heavy atom. The topological polar surface area (TPSA) is 69.5 Å². The Balaban J connectivity index is 1.24. The van der Waals surface area contributed by atoms with Gasteiger partial charge in [0.25, 0.3) is 0 Å². The standard InChI is InChI=1S/C23H25N5O2S/c1-16(22(29)25-17-6-8-18(9-7-17)27-12-14-30-15-13-27)31-23-26-20-5-3-2-4-19(20)21-10-11-24-28(21)23/h2-9,11,16,21H,10,12-15H2,1H3,(H,25,29)/t16-,21+/m0/s1. The number of nitrogens with zero attached hydrogens (tertiary/aromatic N) is 4. The summed E-state index contributed by atoms with van der Waals surface area (Å²) in [5.41, 5.74) is 4.09. The number of anilines is 2. The first-order chi connectivity index (χ1) is 15.2. The number of hydrogen-bond donors (Lipinski definition) is 1. The van der Waals surface area contributed by atoms with Gasteiger partial charge in [-0.3, -0.25) is 4.79 Å². The van der Waals surface area contributed by atoms with Crippen LogP contribution in [0.25, 0.3) is 0 Å². The molecule has 31 heavy (non-hydrogen) atoms. The van der Waals surface area contributed by atoms with E-state index in [1.165, 1.54) is 17.3 Å². The van der Waals surface area contributed by atoms with Gasteiger partial charge < -0.3 is 15.0 Å². The van der Waals surface area contributed by atoms with Gasteiger partial charge in [-0.05, 0) is 37.3 Å². The highest BCUT2D eigenvalue weighted by atomic mass is 32.2. The molecule has 1 saturated heterocycles. The Hall–Kier alpha value is -2.84. The molecule has 0 saturated carbocycles. The fourth-order valence-corrected chi connectivity index (χ4v) is 4.91. The summed E-state index contributed by atoms with van der Waals surface area (Å²) < 4.78 is 5.41. The number of aliphatic imine (C=N–C) groups is 1. The first-order valence-corrected chi connectivity index (χ1v) is 11.5. The van der Waals surface area contributed by atoms with Crippen LogP contribution in [0.4, 0.5) is 17.1 Å². The summed E-state index contributed by atoms with van der Waals surface area (Å²) in [7, 11) is 0. The van der Waals surface area contributed by atoms with Crippen LogP contribution in [0.5, 0.6) is 0 Å².